The molecule has 0 radical (unpaired) electrons. The minimum Gasteiger partial charge on any atom is -0.367 e. The zero-order valence-corrected chi connectivity index (χ0v) is 5.26. The highest BCUT2D eigenvalue weighted by molar-refractivity contribution is 5.26. The van der Waals surface area contributed by atoms with Crippen molar-refractivity contribution in [3.8, 4) is 0 Å². The first kappa shape index (κ1) is 6.53. The van der Waals surface area contributed by atoms with Crippen molar-refractivity contribution < 1.29 is 0 Å². The Hall–Kier alpha value is -1.59. The smallest absolute Gasteiger partial charge is 0.342 e. The van der Waals surface area contributed by atoms with Crippen LogP contribution in [0.1, 0.15) is 0 Å². The molecular formula is C4H6N4O2. The molecular weight excluding hydrogens is 136 g/mol. The van der Waals surface area contributed by atoms with Crippen molar-refractivity contribution in [1.29, 1.82) is 0 Å². The van der Waals surface area contributed by atoms with Crippen LogP contribution in [-0.4, -0.2) is 22.2 Å². The van der Waals surface area contributed by atoms with Gasteiger partial charge in [0.05, 0.1) is 0 Å². The molecule has 0 amide bonds. The van der Waals surface area contributed by atoms with E-state index >= 15 is 0 Å². The molecule has 1 rings (SSSR count). The number of aromatic nitrogens is 3. The maximum absolute atomic E-state index is 10.7. The van der Waals surface area contributed by atoms with Gasteiger partial charge in [-0.05, 0) is 0 Å². The summed E-state index contributed by atoms with van der Waals surface area (Å²) in [6.07, 6.45) is 0. The van der Waals surface area contributed by atoms with E-state index in [1.165, 1.54) is 7.05 Å². The lowest BCUT2D eigenvalue weighted by Gasteiger charge is -1.91. The molecule has 10 heavy (non-hydrogen) atoms. The van der Waals surface area contributed by atoms with E-state index in [9.17, 15) is 9.59 Å². The molecule has 1 heterocycles. The summed E-state index contributed by atoms with van der Waals surface area (Å²) in [5.41, 5.74) is -1.13. The molecule has 54 valence electrons. The minimum absolute atomic E-state index is 0.0969. The van der Waals surface area contributed by atoms with Crippen LogP contribution < -0.4 is 16.6 Å². The van der Waals surface area contributed by atoms with E-state index in [-0.39, 0.29) is 5.82 Å². The summed E-state index contributed by atoms with van der Waals surface area (Å²) in [4.78, 5) is 23.0. The van der Waals surface area contributed by atoms with Crippen LogP contribution in [0.5, 0.6) is 0 Å². The van der Waals surface area contributed by atoms with Crippen LogP contribution in [0.15, 0.2) is 9.59 Å². The lowest BCUT2D eigenvalue weighted by atomic mass is 10.7. The molecule has 1 aromatic rings. The van der Waals surface area contributed by atoms with Gasteiger partial charge in [-0.3, -0.25) is 9.78 Å². The molecule has 0 aliphatic carbocycles. The van der Waals surface area contributed by atoms with Crippen LogP contribution in [-0.2, 0) is 0 Å². The van der Waals surface area contributed by atoms with Gasteiger partial charge in [0.2, 0.25) is 5.82 Å². The van der Waals surface area contributed by atoms with Crippen molar-refractivity contribution in [3.05, 3.63) is 20.8 Å². The zero-order valence-electron chi connectivity index (χ0n) is 5.26. The maximum atomic E-state index is 10.7. The van der Waals surface area contributed by atoms with Crippen LogP contribution in [0.25, 0.3) is 0 Å². The second-order valence-corrected chi connectivity index (χ2v) is 1.61. The van der Waals surface area contributed by atoms with Gasteiger partial charge in [-0.1, -0.05) is 0 Å². The SMILES string of the molecule is CNc1n[nH]c(=O)[nH]c1=O. The normalized spacial score (nSPS) is 9.30. The molecule has 1 aromatic heterocycles. The summed E-state index contributed by atoms with van der Waals surface area (Å²) in [5, 5.41) is 7.97. The topological polar surface area (TPSA) is 90.6 Å². The van der Waals surface area contributed by atoms with Gasteiger partial charge in [0.25, 0.3) is 5.56 Å². The molecule has 0 bridgehead atoms. The van der Waals surface area contributed by atoms with Crippen molar-refractivity contribution in [3.63, 3.8) is 0 Å². The lowest BCUT2D eigenvalue weighted by Crippen LogP contribution is -2.25. The van der Waals surface area contributed by atoms with Crippen molar-refractivity contribution in [2.45, 2.75) is 0 Å². The Morgan fingerprint density at radius 2 is 2.20 bits per heavy atom. The van der Waals surface area contributed by atoms with E-state index in [0.717, 1.165) is 0 Å². The molecule has 0 atom stereocenters. The monoisotopic (exact) mass is 142 g/mol. The van der Waals surface area contributed by atoms with Crippen LogP contribution in [0, 0.1) is 0 Å². The molecule has 6 nitrogen and oxygen atoms in total. The average molecular weight is 142 g/mol. The van der Waals surface area contributed by atoms with Crippen LogP contribution >= 0.6 is 0 Å². The van der Waals surface area contributed by atoms with E-state index in [2.05, 4.69) is 15.5 Å². The Labute approximate surface area is 55.3 Å². The number of hydrogen-bond donors (Lipinski definition) is 3. The van der Waals surface area contributed by atoms with Gasteiger partial charge in [0.15, 0.2) is 0 Å². The summed E-state index contributed by atoms with van der Waals surface area (Å²) in [5.74, 6) is 0.0969. The Morgan fingerprint density at radius 1 is 1.50 bits per heavy atom. The molecule has 0 fully saturated rings. The van der Waals surface area contributed by atoms with Gasteiger partial charge < -0.3 is 5.32 Å². The third-order valence-corrected chi connectivity index (χ3v) is 0.948. The first-order valence-corrected chi connectivity index (χ1v) is 2.61. The summed E-state index contributed by atoms with van der Waals surface area (Å²) >= 11 is 0. The number of aromatic amines is 2. The molecule has 6 heteroatoms. The van der Waals surface area contributed by atoms with Crippen molar-refractivity contribution in [2.24, 2.45) is 0 Å². The molecule has 0 saturated heterocycles. The second-order valence-electron chi connectivity index (χ2n) is 1.61. The van der Waals surface area contributed by atoms with Crippen molar-refractivity contribution in [2.75, 3.05) is 12.4 Å². The highest BCUT2D eigenvalue weighted by Gasteiger charge is 1.95. The number of hydrogen-bond acceptors (Lipinski definition) is 4. The first-order chi connectivity index (χ1) is 4.74. The van der Waals surface area contributed by atoms with Gasteiger partial charge in [0, 0.05) is 7.05 Å². The largest absolute Gasteiger partial charge is 0.367 e. The van der Waals surface area contributed by atoms with E-state index < -0.39 is 11.2 Å². The molecule has 0 spiro atoms. The minimum atomic E-state index is -0.607. The van der Waals surface area contributed by atoms with Gasteiger partial charge in [0.1, 0.15) is 0 Å². The fraction of sp³-hybridized carbons (Fsp3) is 0.250. The van der Waals surface area contributed by atoms with Gasteiger partial charge in [-0.2, -0.15) is 0 Å². The molecule has 0 aromatic carbocycles. The van der Waals surface area contributed by atoms with Crippen molar-refractivity contribution in [1.82, 2.24) is 15.2 Å². The van der Waals surface area contributed by atoms with Crippen LogP contribution in [0.3, 0.4) is 0 Å². The van der Waals surface area contributed by atoms with E-state index in [4.69, 9.17) is 0 Å². The highest BCUT2D eigenvalue weighted by atomic mass is 16.2. The number of rotatable bonds is 1. The summed E-state index contributed by atoms with van der Waals surface area (Å²) in [6, 6.07) is 0. The first-order valence-electron chi connectivity index (χ1n) is 2.61. The third-order valence-electron chi connectivity index (χ3n) is 0.948. The zero-order chi connectivity index (χ0) is 7.56. The third kappa shape index (κ3) is 1.04. The Bertz CT molecular complexity index is 325. The lowest BCUT2D eigenvalue weighted by molar-refractivity contribution is 0.894. The van der Waals surface area contributed by atoms with Crippen LogP contribution in [0.2, 0.25) is 0 Å². The molecule has 0 aliphatic heterocycles. The predicted molar refractivity (Wildman–Crippen MR) is 35.0 cm³/mol. The Kier molecular flexibility index (Phi) is 1.53. The second kappa shape index (κ2) is 2.34. The Balaban J connectivity index is 3.34. The maximum Gasteiger partial charge on any atom is 0.342 e. The molecule has 0 aliphatic rings. The summed E-state index contributed by atoms with van der Waals surface area (Å²) in [7, 11) is 1.54. The highest BCUT2D eigenvalue weighted by Crippen LogP contribution is 1.78. The fourth-order valence-corrected chi connectivity index (χ4v) is 0.517. The fourth-order valence-electron chi connectivity index (χ4n) is 0.517. The molecule has 0 unspecified atom stereocenters. The number of nitrogens with zero attached hydrogens (tertiary/aromatic N) is 1. The van der Waals surface area contributed by atoms with Crippen LogP contribution in [0.4, 0.5) is 5.82 Å². The van der Waals surface area contributed by atoms with E-state index in [1.807, 2.05) is 4.98 Å². The molecule has 0 saturated carbocycles. The van der Waals surface area contributed by atoms with Gasteiger partial charge in [-0.25, -0.2) is 9.89 Å². The Morgan fingerprint density at radius 3 is 2.70 bits per heavy atom. The van der Waals surface area contributed by atoms with E-state index in [0.29, 0.717) is 0 Å². The number of nitrogens with one attached hydrogen (secondary N) is 3. The number of anilines is 1. The van der Waals surface area contributed by atoms with Gasteiger partial charge in [-0.15, -0.1) is 5.10 Å². The average Bonchev–Trinajstić information content (AvgIpc) is 1.88. The predicted octanol–water partition coefficient (Wildman–Crippen LogP) is -1.50. The van der Waals surface area contributed by atoms with Crippen molar-refractivity contribution >= 4 is 5.82 Å². The van der Waals surface area contributed by atoms with E-state index in [1.54, 1.807) is 0 Å². The quantitative estimate of drug-likeness (QED) is 0.445. The standard InChI is InChI=1S/C4H6N4O2/c1-5-2-3(9)6-4(10)8-7-2/h1H3,(H,5,7)(H2,6,8,9,10). The number of H-pyrrole nitrogens is 2. The summed E-state index contributed by atoms with van der Waals surface area (Å²) in [6.45, 7) is 0. The molecule has 3 N–H and O–H groups in total. The van der Waals surface area contributed by atoms with Gasteiger partial charge >= 0.3 is 5.69 Å². The summed E-state index contributed by atoms with van der Waals surface area (Å²) < 4.78 is 0.